The molecule has 1 amide bonds. The van der Waals surface area contributed by atoms with Gasteiger partial charge >= 0.3 is 0 Å². The number of fused-ring (bicyclic) bond motifs is 1. The smallest absolute Gasteiger partial charge is 0.287 e. The number of halogens is 1. The minimum absolute atomic E-state index is 0.0232. The number of nitrogens with zero attached hydrogens (tertiary/aromatic N) is 2. The molecule has 34 heavy (non-hydrogen) atoms. The number of amides is 1. The van der Waals surface area contributed by atoms with Gasteiger partial charge in [-0.15, -0.1) is 11.3 Å². The van der Waals surface area contributed by atoms with Crippen LogP contribution >= 0.6 is 22.9 Å². The van der Waals surface area contributed by atoms with Crippen molar-refractivity contribution in [2.45, 2.75) is 17.7 Å². The van der Waals surface area contributed by atoms with Crippen molar-refractivity contribution in [1.29, 1.82) is 0 Å². The van der Waals surface area contributed by atoms with Crippen LogP contribution in [0.2, 0.25) is 5.02 Å². The number of carbonyl (C=O) groups is 1. The number of carbonyl (C=O) groups excluding carboxylic acids is 1. The molecule has 2 heterocycles. The fourth-order valence-corrected chi connectivity index (χ4v) is 5.75. The number of anilines is 1. The van der Waals surface area contributed by atoms with Crippen LogP contribution in [0.1, 0.15) is 21.8 Å². The molecule has 0 radical (unpaired) electrons. The molecule has 172 valence electrons. The van der Waals surface area contributed by atoms with E-state index >= 15 is 0 Å². The van der Waals surface area contributed by atoms with Crippen LogP contribution in [0.15, 0.2) is 77.7 Å². The quantitative estimate of drug-likeness (QED) is 0.400. The standard InChI is InChI=1S/C25H20ClN3O3S2/c26-19-11-7-17(8-12-19)22-23(18-9-13-20(14-10-18)34(27,31)32)33-24(28-22)25(30)29-15-3-5-16-4-1-2-6-21(16)29/h1-2,4,6-14H,3,5,15H2,(H2,27,31,32). The molecular formula is C25H20ClN3O3S2. The van der Waals surface area contributed by atoms with Gasteiger partial charge in [0, 0.05) is 22.8 Å². The van der Waals surface area contributed by atoms with Crippen LogP contribution in [-0.2, 0) is 16.4 Å². The summed E-state index contributed by atoms with van der Waals surface area (Å²) in [5.74, 6) is -0.153. The van der Waals surface area contributed by atoms with E-state index in [-0.39, 0.29) is 10.8 Å². The number of aryl methyl sites for hydroxylation is 1. The summed E-state index contributed by atoms with van der Waals surface area (Å²) in [7, 11) is -3.81. The topological polar surface area (TPSA) is 93.4 Å². The highest BCUT2D eigenvalue weighted by atomic mass is 35.5. The molecule has 0 atom stereocenters. The average molecular weight is 510 g/mol. The van der Waals surface area contributed by atoms with E-state index in [1.54, 1.807) is 29.2 Å². The predicted molar refractivity (Wildman–Crippen MR) is 136 cm³/mol. The van der Waals surface area contributed by atoms with Gasteiger partial charge in [-0.25, -0.2) is 18.5 Å². The number of para-hydroxylation sites is 1. The Balaban J connectivity index is 1.60. The maximum absolute atomic E-state index is 13.6. The number of hydrogen-bond donors (Lipinski definition) is 1. The van der Waals surface area contributed by atoms with Crippen molar-refractivity contribution in [3.05, 3.63) is 88.4 Å². The van der Waals surface area contributed by atoms with Gasteiger partial charge in [0.25, 0.3) is 5.91 Å². The van der Waals surface area contributed by atoms with Gasteiger partial charge in [-0.05, 0) is 54.3 Å². The first kappa shape index (κ1) is 22.7. The van der Waals surface area contributed by atoms with Gasteiger partial charge in [0.1, 0.15) is 0 Å². The molecule has 6 nitrogen and oxygen atoms in total. The minimum atomic E-state index is -3.81. The van der Waals surface area contributed by atoms with Gasteiger partial charge in [-0.2, -0.15) is 0 Å². The van der Waals surface area contributed by atoms with Crippen LogP contribution in [-0.4, -0.2) is 25.9 Å². The molecule has 0 bridgehead atoms. The average Bonchev–Trinajstić information content (AvgIpc) is 3.29. The summed E-state index contributed by atoms with van der Waals surface area (Å²) in [5, 5.41) is 6.21. The Morgan fingerprint density at radius 3 is 2.35 bits per heavy atom. The molecule has 1 aliphatic heterocycles. The fourth-order valence-electron chi connectivity index (χ4n) is 4.07. The highest BCUT2D eigenvalue weighted by Crippen LogP contribution is 2.39. The lowest BCUT2D eigenvalue weighted by Crippen LogP contribution is -2.35. The Morgan fingerprint density at radius 1 is 0.971 bits per heavy atom. The first-order valence-electron chi connectivity index (χ1n) is 10.6. The van der Waals surface area contributed by atoms with Gasteiger partial charge in [0.05, 0.1) is 15.5 Å². The fraction of sp³-hybridized carbons (Fsp3) is 0.120. The second-order valence-corrected chi connectivity index (χ2v) is 11.0. The Bertz CT molecular complexity index is 1480. The zero-order valence-corrected chi connectivity index (χ0v) is 20.3. The Kier molecular flexibility index (Phi) is 5.99. The summed E-state index contributed by atoms with van der Waals surface area (Å²) < 4.78 is 23.4. The number of sulfonamides is 1. The molecular weight excluding hydrogens is 490 g/mol. The Morgan fingerprint density at radius 2 is 1.65 bits per heavy atom. The lowest BCUT2D eigenvalue weighted by Gasteiger charge is -2.28. The van der Waals surface area contributed by atoms with Crippen molar-refractivity contribution in [2.75, 3.05) is 11.4 Å². The Labute approximate surface area is 206 Å². The third-order valence-electron chi connectivity index (χ3n) is 5.73. The normalized spacial score (nSPS) is 13.5. The molecule has 0 saturated carbocycles. The molecule has 4 aromatic rings. The van der Waals surface area contributed by atoms with Gasteiger partial charge in [-0.1, -0.05) is 54.1 Å². The van der Waals surface area contributed by atoms with Crippen LogP contribution in [0.3, 0.4) is 0 Å². The molecule has 0 saturated heterocycles. The van der Waals surface area contributed by atoms with E-state index in [0.717, 1.165) is 40.1 Å². The first-order chi connectivity index (χ1) is 16.3. The Hall–Kier alpha value is -3.04. The monoisotopic (exact) mass is 509 g/mol. The van der Waals surface area contributed by atoms with E-state index in [1.165, 1.54) is 23.5 Å². The first-order valence-corrected chi connectivity index (χ1v) is 13.3. The maximum atomic E-state index is 13.6. The molecule has 0 fully saturated rings. The molecule has 1 aromatic heterocycles. The molecule has 1 aliphatic rings. The number of rotatable bonds is 4. The minimum Gasteiger partial charge on any atom is -0.306 e. The van der Waals surface area contributed by atoms with Crippen molar-refractivity contribution < 1.29 is 13.2 Å². The molecule has 0 unspecified atom stereocenters. The SMILES string of the molecule is NS(=O)(=O)c1ccc(-c2sc(C(=O)N3CCCc4ccccc43)nc2-c2ccc(Cl)cc2)cc1. The largest absolute Gasteiger partial charge is 0.306 e. The molecule has 9 heteroatoms. The molecule has 5 rings (SSSR count). The van der Waals surface area contributed by atoms with Crippen molar-refractivity contribution in [2.24, 2.45) is 5.14 Å². The lowest BCUT2D eigenvalue weighted by atomic mass is 10.0. The van der Waals surface area contributed by atoms with Gasteiger partial charge in [0.2, 0.25) is 10.0 Å². The van der Waals surface area contributed by atoms with E-state index in [4.69, 9.17) is 21.7 Å². The van der Waals surface area contributed by atoms with E-state index in [1.807, 2.05) is 36.4 Å². The van der Waals surface area contributed by atoms with Crippen LogP contribution < -0.4 is 10.0 Å². The summed E-state index contributed by atoms with van der Waals surface area (Å²) in [4.78, 5) is 20.9. The number of hydrogen-bond acceptors (Lipinski definition) is 5. The van der Waals surface area contributed by atoms with Crippen LogP contribution in [0.4, 0.5) is 5.69 Å². The number of thiazole rings is 1. The second kappa shape index (κ2) is 8.96. The number of benzene rings is 3. The zero-order chi connectivity index (χ0) is 23.9. The highest BCUT2D eigenvalue weighted by molar-refractivity contribution is 7.89. The van der Waals surface area contributed by atoms with Crippen molar-refractivity contribution in [1.82, 2.24) is 4.98 Å². The van der Waals surface area contributed by atoms with Gasteiger partial charge < -0.3 is 4.90 Å². The summed E-state index contributed by atoms with van der Waals surface area (Å²) in [6, 6.07) is 21.4. The molecule has 0 aliphatic carbocycles. The van der Waals surface area contributed by atoms with Crippen molar-refractivity contribution >= 4 is 44.6 Å². The highest BCUT2D eigenvalue weighted by Gasteiger charge is 2.27. The predicted octanol–water partition coefficient (Wildman–Crippen LogP) is 5.37. The van der Waals surface area contributed by atoms with Crippen molar-refractivity contribution in [3.8, 4) is 21.7 Å². The summed E-state index contributed by atoms with van der Waals surface area (Å²) in [6.07, 6.45) is 1.83. The van der Waals surface area contributed by atoms with E-state index in [0.29, 0.717) is 22.3 Å². The number of primary sulfonamides is 1. The lowest BCUT2D eigenvalue weighted by molar-refractivity contribution is 0.0985. The molecule has 2 N–H and O–H groups in total. The van der Waals surface area contributed by atoms with E-state index in [2.05, 4.69) is 0 Å². The third-order valence-corrected chi connectivity index (χ3v) is 8.00. The van der Waals surface area contributed by atoms with Gasteiger partial charge in [0.15, 0.2) is 5.01 Å². The van der Waals surface area contributed by atoms with Crippen LogP contribution in [0.25, 0.3) is 21.7 Å². The van der Waals surface area contributed by atoms with E-state index in [9.17, 15) is 13.2 Å². The second-order valence-electron chi connectivity index (χ2n) is 7.96. The van der Waals surface area contributed by atoms with Crippen molar-refractivity contribution in [3.63, 3.8) is 0 Å². The summed E-state index contributed by atoms with van der Waals surface area (Å²) in [5.41, 5.74) is 4.26. The third kappa shape index (κ3) is 4.37. The molecule has 3 aromatic carbocycles. The molecule has 0 spiro atoms. The van der Waals surface area contributed by atoms with Crippen LogP contribution in [0, 0.1) is 0 Å². The van der Waals surface area contributed by atoms with Gasteiger partial charge in [-0.3, -0.25) is 4.79 Å². The zero-order valence-electron chi connectivity index (χ0n) is 17.9. The van der Waals surface area contributed by atoms with Crippen LogP contribution in [0.5, 0.6) is 0 Å². The summed E-state index contributed by atoms with van der Waals surface area (Å²) in [6.45, 7) is 0.629. The number of nitrogens with two attached hydrogens (primary N) is 1. The maximum Gasteiger partial charge on any atom is 0.287 e. The van der Waals surface area contributed by atoms with E-state index < -0.39 is 10.0 Å². The summed E-state index contributed by atoms with van der Waals surface area (Å²) >= 11 is 7.36. The number of aromatic nitrogens is 1.